The van der Waals surface area contributed by atoms with Gasteiger partial charge in [0.2, 0.25) is 0 Å². The molecule has 10 heteroatoms. The van der Waals surface area contributed by atoms with Crippen molar-refractivity contribution in [3.05, 3.63) is 70.8 Å². The van der Waals surface area contributed by atoms with Gasteiger partial charge in [-0.25, -0.2) is 0 Å². The number of amides is 2. The summed E-state index contributed by atoms with van der Waals surface area (Å²) < 4.78 is 39.4. The number of carboxylic acid groups (broad SMARTS) is 1. The van der Waals surface area contributed by atoms with E-state index < -0.39 is 23.4 Å². The molecule has 2 aromatic rings. The first-order chi connectivity index (χ1) is 19.0. The van der Waals surface area contributed by atoms with E-state index in [0.29, 0.717) is 36.3 Å². The van der Waals surface area contributed by atoms with E-state index in [1.807, 2.05) is 11.8 Å². The third kappa shape index (κ3) is 6.05. The highest BCUT2D eigenvalue weighted by molar-refractivity contribution is 6.46. The van der Waals surface area contributed by atoms with E-state index in [9.17, 15) is 27.6 Å². The zero-order valence-electron chi connectivity index (χ0n) is 22.6. The van der Waals surface area contributed by atoms with Crippen molar-refractivity contribution in [2.75, 3.05) is 6.54 Å². The van der Waals surface area contributed by atoms with Crippen LogP contribution in [0.1, 0.15) is 91.9 Å². The van der Waals surface area contributed by atoms with E-state index in [2.05, 4.69) is 12.2 Å². The van der Waals surface area contributed by atoms with Crippen LogP contribution in [-0.2, 0) is 15.8 Å². The maximum absolute atomic E-state index is 14.0. The lowest BCUT2D eigenvalue weighted by Gasteiger charge is -2.45. The van der Waals surface area contributed by atoms with Gasteiger partial charge in [-0.3, -0.25) is 19.4 Å². The maximum atomic E-state index is 14.0. The Morgan fingerprint density at radius 3 is 2.23 bits per heavy atom. The first kappa shape index (κ1) is 29.3. The van der Waals surface area contributed by atoms with Gasteiger partial charge in [0.05, 0.1) is 18.0 Å². The molecule has 2 aliphatic rings. The average molecular weight is 558 g/mol. The molecule has 2 N–H and O–H groups in total. The molecule has 214 valence electrons. The monoisotopic (exact) mass is 557 g/mol. The van der Waals surface area contributed by atoms with Crippen LogP contribution in [0.5, 0.6) is 0 Å². The van der Waals surface area contributed by atoms with Crippen molar-refractivity contribution in [3.63, 3.8) is 0 Å². The Hall–Kier alpha value is -3.69. The molecule has 1 fully saturated rings. The first-order valence-electron chi connectivity index (χ1n) is 13.7. The van der Waals surface area contributed by atoms with Gasteiger partial charge in [-0.2, -0.15) is 13.2 Å². The van der Waals surface area contributed by atoms with Crippen LogP contribution < -0.4 is 5.32 Å². The van der Waals surface area contributed by atoms with Gasteiger partial charge in [0.1, 0.15) is 11.4 Å². The number of nitrogens with one attached hydrogen (secondary N) is 1. The summed E-state index contributed by atoms with van der Waals surface area (Å²) in [6.45, 7) is 4.12. The molecule has 0 bridgehead atoms. The Kier molecular flexibility index (Phi) is 8.65. The second-order valence-corrected chi connectivity index (χ2v) is 10.5. The SMILES string of the molecule is CCC1CCC2(CC1)N=C(c1ccc(C(F)(F)F)cc1)C(=O)N2C(CC)c1ccc(C(=O)NCCC(=O)O)cc1. The highest BCUT2D eigenvalue weighted by atomic mass is 19.4. The Balaban J connectivity index is 1.64. The molecule has 40 heavy (non-hydrogen) atoms. The van der Waals surface area contributed by atoms with Crippen LogP contribution in [0, 0.1) is 5.92 Å². The van der Waals surface area contributed by atoms with Crippen LogP contribution in [0.15, 0.2) is 53.5 Å². The van der Waals surface area contributed by atoms with Crippen molar-refractivity contribution in [3.8, 4) is 0 Å². The van der Waals surface area contributed by atoms with E-state index in [-0.39, 0.29) is 36.5 Å². The largest absolute Gasteiger partial charge is 0.481 e. The smallest absolute Gasteiger partial charge is 0.416 e. The van der Waals surface area contributed by atoms with Crippen molar-refractivity contribution in [1.82, 2.24) is 10.2 Å². The van der Waals surface area contributed by atoms with E-state index in [4.69, 9.17) is 10.1 Å². The number of rotatable bonds is 9. The van der Waals surface area contributed by atoms with Crippen molar-refractivity contribution < 1.29 is 32.7 Å². The predicted molar refractivity (Wildman–Crippen MR) is 144 cm³/mol. The summed E-state index contributed by atoms with van der Waals surface area (Å²) >= 11 is 0. The highest BCUT2D eigenvalue weighted by Gasteiger charge is 2.51. The van der Waals surface area contributed by atoms with Gasteiger partial charge in [-0.15, -0.1) is 0 Å². The Morgan fingerprint density at radius 1 is 1.07 bits per heavy atom. The third-order valence-corrected chi connectivity index (χ3v) is 8.04. The van der Waals surface area contributed by atoms with E-state index in [1.165, 1.54) is 12.1 Å². The molecule has 1 aliphatic carbocycles. The Morgan fingerprint density at radius 2 is 1.70 bits per heavy atom. The van der Waals surface area contributed by atoms with E-state index in [0.717, 1.165) is 37.0 Å². The molecule has 1 atom stereocenters. The van der Waals surface area contributed by atoms with Gasteiger partial charge in [0.15, 0.2) is 0 Å². The molecule has 1 saturated carbocycles. The fraction of sp³-hybridized carbons (Fsp3) is 0.467. The van der Waals surface area contributed by atoms with Gasteiger partial charge in [0.25, 0.3) is 11.8 Å². The summed E-state index contributed by atoms with van der Waals surface area (Å²) in [5, 5.41) is 11.4. The lowest BCUT2D eigenvalue weighted by molar-refractivity contribution is -0.138. The minimum absolute atomic E-state index is 0.0150. The summed E-state index contributed by atoms with van der Waals surface area (Å²) in [4.78, 5) is 43.9. The zero-order chi connectivity index (χ0) is 29.1. The van der Waals surface area contributed by atoms with Crippen LogP contribution in [0.25, 0.3) is 0 Å². The lowest BCUT2D eigenvalue weighted by atomic mass is 9.79. The first-order valence-corrected chi connectivity index (χ1v) is 13.7. The number of aliphatic carboxylic acids is 1. The molecular formula is C30H34F3N3O4. The van der Waals surface area contributed by atoms with Crippen LogP contribution >= 0.6 is 0 Å². The van der Waals surface area contributed by atoms with Crippen LogP contribution in [0.4, 0.5) is 13.2 Å². The maximum Gasteiger partial charge on any atom is 0.416 e. The van der Waals surface area contributed by atoms with Gasteiger partial charge >= 0.3 is 12.1 Å². The summed E-state index contributed by atoms with van der Waals surface area (Å²) in [5.74, 6) is -1.17. The number of carboxylic acids is 1. The number of hydrogen-bond donors (Lipinski definition) is 2. The summed E-state index contributed by atoms with van der Waals surface area (Å²) in [6.07, 6.45) is 0.0899. The molecule has 1 spiro atoms. The number of carbonyl (C=O) groups is 3. The van der Waals surface area contributed by atoms with Gasteiger partial charge < -0.3 is 15.3 Å². The van der Waals surface area contributed by atoms with Crippen molar-refractivity contribution in [2.45, 2.75) is 76.7 Å². The summed E-state index contributed by atoms with van der Waals surface area (Å²) in [6, 6.07) is 11.1. The standard InChI is InChI=1S/C30H34F3N3O4/c1-3-19-13-16-29(17-14-19)35-26(21-9-11-23(12-10-21)30(31,32)33)28(40)36(29)24(4-2)20-5-7-22(8-6-20)27(39)34-18-15-25(37)38/h5-12,19,24H,3-4,13-18H2,1-2H3,(H,34,39)(H,37,38). The number of hydrogen-bond acceptors (Lipinski definition) is 4. The Bertz CT molecular complexity index is 1260. The van der Waals surface area contributed by atoms with Crippen molar-refractivity contribution >= 4 is 23.5 Å². The molecule has 1 heterocycles. The summed E-state index contributed by atoms with van der Waals surface area (Å²) in [7, 11) is 0. The molecule has 0 saturated heterocycles. The van der Waals surface area contributed by atoms with Gasteiger partial charge in [-0.1, -0.05) is 44.5 Å². The number of nitrogens with zero attached hydrogens (tertiary/aromatic N) is 2. The lowest BCUT2D eigenvalue weighted by Crippen LogP contribution is -2.50. The molecule has 2 aromatic carbocycles. The van der Waals surface area contributed by atoms with Crippen LogP contribution in [0.3, 0.4) is 0 Å². The second kappa shape index (κ2) is 11.8. The molecule has 1 unspecified atom stereocenters. The van der Waals surface area contributed by atoms with Crippen molar-refractivity contribution in [1.29, 1.82) is 0 Å². The minimum atomic E-state index is -4.47. The molecule has 4 rings (SSSR count). The van der Waals surface area contributed by atoms with E-state index >= 15 is 0 Å². The molecular weight excluding hydrogens is 523 g/mol. The van der Waals surface area contributed by atoms with Crippen LogP contribution in [0.2, 0.25) is 0 Å². The number of aliphatic imine (C=N–C) groups is 1. The van der Waals surface area contributed by atoms with E-state index in [1.54, 1.807) is 24.3 Å². The molecule has 2 amide bonds. The molecule has 0 radical (unpaired) electrons. The second-order valence-electron chi connectivity index (χ2n) is 10.5. The average Bonchev–Trinajstić information content (AvgIpc) is 3.20. The molecule has 0 aromatic heterocycles. The number of benzene rings is 2. The molecule has 7 nitrogen and oxygen atoms in total. The third-order valence-electron chi connectivity index (χ3n) is 8.04. The number of alkyl halides is 3. The number of carbonyl (C=O) groups excluding carboxylic acids is 2. The fourth-order valence-corrected chi connectivity index (χ4v) is 5.76. The predicted octanol–water partition coefficient (Wildman–Crippen LogP) is 5.99. The van der Waals surface area contributed by atoms with Crippen molar-refractivity contribution in [2.24, 2.45) is 10.9 Å². The quantitative estimate of drug-likeness (QED) is 0.396. The Labute approximate surface area is 231 Å². The summed E-state index contributed by atoms with van der Waals surface area (Å²) in [5.41, 5.74) is 0.164. The normalized spacial score (nSPS) is 21.8. The van der Waals surface area contributed by atoms with Gasteiger partial charge in [0, 0.05) is 17.7 Å². The number of halogens is 3. The highest BCUT2D eigenvalue weighted by Crippen LogP contribution is 2.47. The van der Waals surface area contributed by atoms with Crippen LogP contribution in [-0.4, -0.2) is 45.7 Å². The minimum Gasteiger partial charge on any atom is -0.481 e. The topological polar surface area (TPSA) is 99.1 Å². The zero-order valence-corrected chi connectivity index (χ0v) is 22.6. The fourth-order valence-electron chi connectivity index (χ4n) is 5.76. The van der Waals surface area contributed by atoms with Gasteiger partial charge in [-0.05, 0) is 67.9 Å². The molecule has 1 aliphatic heterocycles.